The highest BCUT2D eigenvalue weighted by Crippen LogP contribution is 2.47. The summed E-state index contributed by atoms with van der Waals surface area (Å²) in [6, 6.07) is 15.9. The van der Waals surface area contributed by atoms with Crippen LogP contribution in [0.15, 0.2) is 54.6 Å². The summed E-state index contributed by atoms with van der Waals surface area (Å²) >= 11 is 13.1. The first-order valence-electron chi connectivity index (χ1n) is 28.6. The number of nitrogens with one attached hydrogen (secondary N) is 1. The second kappa shape index (κ2) is 30.3. The Labute approximate surface area is 502 Å². The van der Waals surface area contributed by atoms with Crippen molar-refractivity contribution in [1.82, 2.24) is 24.5 Å². The fourth-order valence-corrected chi connectivity index (χ4v) is 10.4. The standard InChI is InChI=1S/C61H82Cl2N6O15/c1-59(2,3)83-54(72)17-22-76-25-27-78-29-31-80-32-30-79-28-26-77-23-20-67(45-15-18-66(19-16-45)58(74)84-60(4,5)6)53(71)14-13-52(70)64-44-12-10-11-41(33-44)47-37-48-51(38-50(47)75-9)82-39-49-55(57(73)68-21-24-81-40-61(68,7)8)65-69(56(48)49)46-35-42(62)34-43(63)36-46/h10-12,33-38,45H,13-32,39-40H2,1-9H3,(H,64,70). The number of anilines is 1. The van der Waals surface area contributed by atoms with E-state index in [9.17, 15) is 24.0 Å². The van der Waals surface area contributed by atoms with Crippen LogP contribution in [0.25, 0.3) is 28.1 Å². The molecule has 23 heteroatoms. The van der Waals surface area contributed by atoms with E-state index in [2.05, 4.69) is 5.32 Å². The van der Waals surface area contributed by atoms with Crippen LogP contribution in [-0.4, -0.2) is 190 Å². The molecule has 0 bridgehead atoms. The highest BCUT2D eigenvalue weighted by molar-refractivity contribution is 6.34. The first-order valence-corrected chi connectivity index (χ1v) is 29.4. The number of fused-ring (bicyclic) bond motifs is 3. The van der Waals surface area contributed by atoms with Crippen molar-refractivity contribution in [2.75, 3.05) is 118 Å². The number of aromatic nitrogens is 2. The van der Waals surface area contributed by atoms with Crippen molar-refractivity contribution in [1.29, 1.82) is 0 Å². The Bertz CT molecular complexity index is 2880. The number of benzene rings is 3. The molecular formula is C61H82Cl2N6O15. The van der Waals surface area contributed by atoms with Crippen molar-refractivity contribution in [3.63, 3.8) is 0 Å². The van der Waals surface area contributed by atoms with Crippen LogP contribution in [0.4, 0.5) is 10.5 Å². The number of carbonyl (C=O) groups is 5. The van der Waals surface area contributed by atoms with E-state index in [4.69, 9.17) is 75.7 Å². The number of esters is 1. The second-order valence-corrected chi connectivity index (χ2v) is 24.1. The van der Waals surface area contributed by atoms with Crippen molar-refractivity contribution in [2.45, 2.75) is 117 Å². The van der Waals surface area contributed by atoms with Gasteiger partial charge < -0.3 is 67.4 Å². The van der Waals surface area contributed by atoms with Gasteiger partial charge in [0.25, 0.3) is 5.91 Å². The van der Waals surface area contributed by atoms with E-state index in [1.54, 1.807) is 56.8 Å². The summed E-state index contributed by atoms with van der Waals surface area (Å²) in [5.74, 6) is -0.118. The molecule has 84 heavy (non-hydrogen) atoms. The van der Waals surface area contributed by atoms with Gasteiger partial charge in [-0.05, 0) is 110 Å². The van der Waals surface area contributed by atoms with E-state index in [1.807, 2.05) is 79.7 Å². The Morgan fingerprint density at radius 2 is 1.36 bits per heavy atom. The molecule has 21 nitrogen and oxygen atoms in total. The third kappa shape index (κ3) is 19.0. The molecule has 0 unspecified atom stereocenters. The fourth-order valence-electron chi connectivity index (χ4n) is 9.90. The number of morpholine rings is 1. The predicted octanol–water partition coefficient (Wildman–Crippen LogP) is 9.43. The monoisotopic (exact) mass is 1210 g/mol. The topological polar surface area (TPSA) is 217 Å². The maximum Gasteiger partial charge on any atom is 0.410 e. The third-order valence-corrected chi connectivity index (χ3v) is 14.3. The van der Waals surface area contributed by atoms with Gasteiger partial charge in [0.05, 0.1) is 110 Å². The summed E-state index contributed by atoms with van der Waals surface area (Å²) in [7, 11) is 1.56. The normalized spacial score (nSPS) is 15.2. The number of piperidine rings is 1. The molecule has 4 amide bonds. The van der Waals surface area contributed by atoms with Gasteiger partial charge in [-0.3, -0.25) is 19.2 Å². The average Bonchev–Trinajstić information content (AvgIpc) is 3.93. The van der Waals surface area contributed by atoms with Crippen molar-refractivity contribution in [2.24, 2.45) is 0 Å². The lowest BCUT2D eigenvalue weighted by molar-refractivity contribution is -0.156. The van der Waals surface area contributed by atoms with Crippen molar-refractivity contribution in [3.8, 4) is 39.6 Å². The van der Waals surface area contributed by atoms with Crippen LogP contribution in [-0.2, 0) is 58.9 Å². The Morgan fingerprint density at radius 1 is 0.738 bits per heavy atom. The summed E-state index contributed by atoms with van der Waals surface area (Å²) in [4.78, 5) is 72.2. The van der Waals surface area contributed by atoms with Gasteiger partial charge in [-0.1, -0.05) is 35.3 Å². The van der Waals surface area contributed by atoms with Crippen molar-refractivity contribution < 1.29 is 71.3 Å². The van der Waals surface area contributed by atoms with E-state index < -0.39 is 22.8 Å². The molecule has 0 spiro atoms. The summed E-state index contributed by atoms with van der Waals surface area (Å²) in [6.45, 7) is 20.5. The van der Waals surface area contributed by atoms with Gasteiger partial charge in [0.1, 0.15) is 29.3 Å². The van der Waals surface area contributed by atoms with E-state index in [0.717, 1.165) is 0 Å². The van der Waals surface area contributed by atoms with Crippen LogP contribution in [0.2, 0.25) is 10.0 Å². The maximum absolute atomic E-state index is 14.5. The molecule has 0 radical (unpaired) electrons. The molecule has 7 rings (SSSR count). The fraction of sp³-hybridized carbons (Fsp3) is 0.574. The zero-order chi connectivity index (χ0) is 60.6. The summed E-state index contributed by atoms with van der Waals surface area (Å²) < 4.78 is 58.7. The Kier molecular flexibility index (Phi) is 23.7. The van der Waals surface area contributed by atoms with Crippen molar-refractivity contribution >= 4 is 58.7 Å². The summed E-state index contributed by atoms with van der Waals surface area (Å²) in [6.07, 6.45) is 0.704. The molecule has 0 aliphatic carbocycles. The molecule has 3 aliphatic heterocycles. The second-order valence-electron chi connectivity index (χ2n) is 23.2. The number of hydrogen-bond acceptors (Lipinski definition) is 16. The minimum Gasteiger partial charge on any atom is -0.496 e. The lowest BCUT2D eigenvalue weighted by atomic mass is 9.95. The molecule has 0 saturated carbocycles. The number of hydrogen-bond donors (Lipinski definition) is 1. The van der Waals surface area contributed by atoms with E-state index in [1.165, 1.54) is 0 Å². The number of nitrogens with zero attached hydrogens (tertiary/aromatic N) is 5. The molecule has 1 aromatic heterocycles. The van der Waals surface area contributed by atoms with Gasteiger partial charge in [-0.2, -0.15) is 5.10 Å². The van der Waals surface area contributed by atoms with Crippen LogP contribution in [0.1, 0.15) is 104 Å². The molecule has 1 N–H and O–H groups in total. The lowest BCUT2D eigenvalue weighted by Gasteiger charge is -2.41. The van der Waals surface area contributed by atoms with Gasteiger partial charge in [-0.25, -0.2) is 9.48 Å². The molecule has 4 heterocycles. The van der Waals surface area contributed by atoms with Crippen molar-refractivity contribution in [3.05, 3.63) is 75.9 Å². The quantitative estimate of drug-likeness (QED) is 0.0434. The number of halogens is 2. The Morgan fingerprint density at radius 3 is 1.96 bits per heavy atom. The molecule has 0 atom stereocenters. The SMILES string of the molecule is COc1cc2c(cc1-c1cccc(NC(=O)CCC(=O)N(CCOCCOCCOCCOCCOCCC(=O)OC(C)(C)C)C3CCN(C(=O)OC(C)(C)C)CC3)c1)-c1c(c(C(=O)N3CCOCC3(C)C)nn1-c1cc(Cl)cc(Cl)c1)CO2. The Hall–Kier alpha value is -6.04. The van der Waals surface area contributed by atoms with Crippen LogP contribution < -0.4 is 14.8 Å². The zero-order valence-electron chi connectivity index (χ0n) is 49.9. The predicted molar refractivity (Wildman–Crippen MR) is 316 cm³/mol. The number of carbonyl (C=O) groups excluding carboxylic acids is 5. The molecule has 2 saturated heterocycles. The van der Waals surface area contributed by atoms with E-state index >= 15 is 0 Å². The first-order chi connectivity index (χ1) is 40.0. The van der Waals surface area contributed by atoms with Gasteiger partial charge >= 0.3 is 12.1 Å². The average molecular weight is 1210 g/mol. The van der Waals surface area contributed by atoms with Gasteiger partial charge in [0.2, 0.25) is 11.8 Å². The van der Waals surface area contributed by atoms with Gasteiger partial charge in [-0.15, -0.1) is 0 Å². The lowest BCUT2D eigenvalue weighted by Crippen LogP contribution is -2.55. The van der Waals surface area contributed by atoms with Crippen LogP contribution in [0.5, 0.6) is 11.5 Å². The molecule has 3 aromatic carbocycles. The molecule has 3 aliphatic rings. The first kappa shape index (κ1) is 65.5. The third-order valence-electron chi connectivity index (χ3n) is 13.8. The number of rotatable bonds is 27. The van der Waals surface area contributed by atoms with Gasteiger partial charge in [0.15, 0.2) is 5.69 Å². The Balaban J connectivity index is 0.942. The summed E-state index contributed by atoms with van der Waals surface area (Å²) in [5, 5.41) is 8.72. The van der Waals surface area contributed by atoms with Crippen LogP contribution in [0, 0.1) is 0 Å². The minimum atomic E-state index is -0.644. The number of ether oxygens (including phenoxy) is 10. The van der Waals surface area contributed by atoms with E-state index in [0.29, 0.717) is 159 Å². The zero-order valence-corrected chi connectivity index (χ0v) is 51.5. The summed E-state index contributed by atoms with van der Waals surface area (Å²) in [5.41, 5.74) is 2.75. The maximum atomic E-state index is 14.5. The van der Waals surface area contributed by atoms with Gasteiger partial charge in [0, 0.05) is 83.6 Å². The number of amides is 4. The molecule has 4 aromatic rings. The minimum absolute atomic E-state index is 0.0567. The van der Waals surface area contributed by atoms with E-state index in [-0.39, 0.29) is 81.1 Å². The molecule has 2 fully saturated rings. The highest BCUT2D eigenvalue weighted by atomic mass is 35.5. The largest absolute Gasteiger partial charge is 0.496 e. The number of likely N-dealkylation sites (tertiary alicyclic amines) is 1. The van der Waals surface area contributed by atoms with Crippen LogP contribution >= 0.6 is 23.2 Å². The molecule has 460 valence electrons. The highest BCUT2D eigenvalue weighted by Gasteiger charge is 2.40. The number of methoxy groups -OCH3 is 1. The molecular weight excluding hydrogens is 1130 g/mol. The smallest absolute Gasteiger partial charge is 0.410 e. The van der Waals surface area contributed by atoms with Crippen LogP contribution in [0.3, 0.4) is 0 Å².